The van der Waals surface area contributed by atoms with Crippen LogP contribution in [0.4, 0.5) is 5.69 Å². The van der Waals surface area contributed by atoms with E-state index in [4.69, 9.17) is 18.9 Å². The molecule has 0 aliphatic carbocycles. The summed E-state index contributed by atoms with van der Waals surface area (Å²) in [5, 5.41) is 2.84. The Morgan fingerprint density at radius 2 is 1.48 bits per heavy atom. The molecule has 0 saturated heterocycles. The molecule has 0 unspecified atom stereocenters. The Kier molecular flexibility index (Phi) is 8.36. The molecule has 0 aliphatic heterocycles. The Balaban J connectivity index is 1.57. The monoisotopic (exact) mass is 447 g/mol. The van der Waals surface area contributed by atoms with Crippen LogP contribution in [-0.4, -0.2) is 33.8 Å². The molecule has 33 heavy (non-hydrogen) atoms. The third-order valence-electron chi connectivity index (χ3n) is 5.03. The highest BCUT2D eigenvalue weighted by Gasteiger charge is 2.09. The van der Waals surface area contributed by atoms with E-state index in [1.165, 1.54) is 11.6 Å². The Morgan fingerprint density at radius 1 is 0.818 bits per heavy atom. The van der Waals surface area contributed by atoms with Crippen LogP contribution in [0.1, 0.15) is 16.7 Å². The van der Waals surface area contributed by atoms with Gasteiger partial charge in [-0.2, -0.15) is 0 Å². The average molecular weight is 448 g/mol. The van der Waals surface area contributed by atoms with Gasteiger partial charge < -0.3 is 24.3 Å². The van der Waals surface area contributed by atoms with Crippen LogP contribution in [0.15, 0.2) is 66.7 Å². The van der Waals surface area contributed by atoms with Gasteiger partial charge in [-0.15, -0.1) is 0 Å². The number of hydrogen-bond acceptors (Lipinski definition) is 5. The fourth-order valence-corrected chi connectivity index (χ4v) is 3.21. The summed E-state index contributed by atoms with van der Waals surface area (Å²) < 4.78 is 22.0. The Morgan fingerprint density at radius 3 is 2.18 bits per heavy atom. The second kappa shape index (κ2) is 11.6. The van der Waals surface area contributed by atoms with Crippen molar-refractivity contribution in [2.24, 2.45) is 0 Å². The van der Waals surface area contributed by atoms with Crippen LogP contribution in [-0.2, 0) is 11.2 Å². The molecule has 0 aliphatic rings. The number of ether oxygens (including phenoxy) is 4. The molecular weight excluding hydrogens is 418 g/mol. The van der Waals surface area contributed by atoms with Crippen molar-refractivity contribution in [2.45, 2.75) is 13.3 Å². The minimum Gasteiger partial charge on any atom is -0.493 e. The first-order valence-electron chi connectivity index (χ1n) is 10.6. The molecule has 0 heterocycles. The van der Waals surface area contributed by atoms with Gasteiger partial charge in [0.2, 0.25) is 5.91 Å². The van der Waals surface area contributed by atoms with E-state index >= 15 is 0 Å². The Hall–Kier alpha value is -3.93. The number of anilines is 1. The SMILES string of the molecule is COc1ccc(CCOc2ccc(NC(=O)/C=C/c3ccc(C)cc3)cc2OC)cc1OC. The van der Waals surface area contributed by atoms with Crippen molar-refractivity contribution in [3.63, 3.8) is 0 Å². The highest BCUT2D eigenvalue weighted by atomic mass is 16.5. The number of amides is 1. The summed E-state index contributed by atoms with van der Waals surface area (Å²) in [5.74, 6) is 2.30. The number of rotatable bonds is 10. The van der Waals surface area contributed by atoms with Crippen LogP contribution in [0.2, 0.25) is 0 Å². The maximum atomic E-state index is 12.3. The molecule has 0 spiro atoms. The summed E-state index contributed by atoms with van der Waals surface area (Å²) in [6, 6.07) is 19.0. The molecule has 0 fully saturated rings. The lowest BCUT2D eigenvalue weighted by Gasteiger charge is -2.13. The summed E-state index contributed by atoms with van der Waals surface area (Å²) in [4.78, 5) is 12.3. The molecule has 0 aromatic heterocycles. The largest absolute Gasteiger partial charge is 0.493 e. The van der Waals surface area contributed by atoms with Crippen LogP contribution in [0, 0.1) is 6.92 Å². The first-order valence-corrected chi connectivity index (χ1v) is 10.6. The third kappa shape index (κ3) is 6.77. The fraction of sp³-hybridized carbons (Fsp3) is 0.222. The number of methoxy groups -OCH3 is 3. The predicted octanol–water partition coefficient (Wildman–Crippen LogP) is 5.29. The highest BCUT2D eigenvalue weighted by molar-refractivity contribution is 6.02. The molecule has 1 amide bonds. The number of hydrogen-bond donors (Lipinski definition) is 1. The van der Waals surface area contributed by atoms with Crippen molar-refractivity contribution in [3.05, 3.63) is 83.4 Å². The Labute approximate surface area is 194 Å². The van der Waals surface area contributed by atoms with Gasteiger partial charge in [0, 0.05) is 24.3 Å². The zero-order valence-corrected chi connectivity index (χ0v) is 19.4. The van der Waals surface area contributed by atoms with Crippen LogP contribution in [0.3, 0.4) is 0 Å². The zero-order chi connectivity index (χ0) is 23.6. The van der Waals surface area contributed by atoms with E-state index in [2.05, 4.69) is 5.32 Å². The van der Waals surface area contributed by atoms with Gasteiger partial charge in [-0.25, -0.2) is 0 Å². The smallest absolute Gasteiger partial charge is 0.248 e. The lowest BCUT2D eigenvalue weighted by Crippen LogP contribution is -2.08. The third-order valence-corrected chi connectivity index (χ3v) is 5.03. The van der Waals surface area contributed by atoms with E-state index in [-0.39, 0.29) is 5.91 Å². The first-order chi connectivity index (χ1) is 16.0. The van der Waals surface area contributed by atoms with E-state index in [1.807, 2.05) is 49.4 Å². The van der Waals surface area contributed by atoms with Crippen LogP contribution in [0.25, 0.3) is 6.08 Å². The fourth-order valence-electron chi connectivity index (χ4n) is 3.21. The zero-order valence-electron chi connectivity index (χ0n) is 19.4. The van der Waals surface area contributed by atoms with E-state index in [0.717, 1.165) is 11.1 Å². The molecule has 0 atom stereocenters. The van der Waals surface area contributed by atoms with Gasteiger partial charge >= 0.3 is 0 Å². The minimum absolute atomic E-state index is 0.222. The maximum Gasteiger partial charge on any atom is 0.248 e. The molecule has 1 N–H and O–H groups in total. The van der Waals surface area contributed by atoms with Crippen molar-refractivity contribution in [1.82, 2.24) is 0 Å². The van der Waals surface area contributed by atoms with Crippen LogP contribution < -0.4 is 24.3 Å². The van der Waals surface area contributed by atoms with E-state index in [9.17, 15) is 4.79 Å². The summed E-state index contributed by atoms with van der Waals surface area (Å²) in [5.41, 5.74) is 3.83. The molecule has 6 nitrogen and oxygen atoms in total. The highest BCUT2D eigenvalue weighted by Crippen LogP contribution is 2.31. The lowest BCUT2D eigenvalue weighted by atomic mass is 10.1. The minimum atomic E-state index is -0.222. The second-order valence-electron chi connectivity index (χ2n) is 7.39. The van der Waals surface area contributed by atoms with E-state index in [0.29, 0.717) is 41.7 Å². The first kappa shape index (κ1) is 23.7. The topological polar surface area (TPSA) is 66.0 Å². The lowest BCUT2D eigenvalue weighted by molar-refractivity contribution is -0.111. The molecule has 6 heteroatoms. The van der Waals surface area contributed by atoms with Crippen molar-refractivity contribution in [1.29, 1.82) is 0 Å². The van der Waals surface area contributed by atoms with Gasteiger partial charge in [-0.1, -0.05) is 35.9 Å². The van der Waals surface area contributed by atoms with Gasteiger partial charge in [-0.05, 0) is 48.4 Å². The second-order valence-corrected chi connectivity index (χ2v) is 7.39. The molecule has 0 bridgehead atoms. The van der Waals surface area contributed by atoms with E-state index < -0.39 is 0 Å². The van der Waals surface area contributed by atoms with Crippen LogP contribution in [0.5, 0.6) is 23.0 Å². The quantitative estimate of drug-likeness (QED) is 0.428. The average Bonchev–Trinajstić information content (AvgIpc) is 2.84. The van der Waals surface area contributed by atoms with Crippen molar-refractivity contribution >= 4 is 17.7 Å². The normalized spacial score (nSPS) is 10.7. The molecule has 0 saturated carbocycles. The van der Waals surface area contributed by atoms with Crippen molar-refractivity contribution in [2.75, 3.05) is 33.3 Å². The van der Waals surface area contributed by atoms with Crippen molar-refractivity contribution in [3.8, 4) is 23.0 Å². The summed E-state index contributed by atoms with van der Waals surface area (Å²) in [6.45, 7) is 2.48. The van der Waals surface area contributed by atoms with Gasteiger partial charge in [-0.3, -0.25) is 4.79 Å². The van der Waals surface area contributed by atoms with E-state index in [1.54, 1.807) is 45.6 Å². The standard InChI is InChI=1S/C27H29NO5/c1-19-5-7-20(8-6-19)10-14-27(29)28-22-11-13-24(26(18-22)32-4)33-16-15-21-9-12-23(30-2)25(17-21)31-3/h5-14,17-18H,15-16H2,1-4H3,(H,28,29)/b14-10+. The summed E-state index contributed by atoms with van der Waals surface area (Å²) in [7, 11) is 4.79. The number of aryl methyl sites for hydroxylation is 1. The number of carbonyl (C=O) groups excluding carboxylic acids is 1. The molecule has 3 aromatic carbocycles. The van der Waals surface area contributed by atoms with Gasteiger partial charge in [0.1, 0.15) is 0 Å². The molecule has 172 valence electrons. The molecule has 0 radical (unpaired) electrons. The molecular formula is C27H29NO5. The maximum absolute atomic E-state index is 12.3. The summed E-state index contributed by atoms with van der Waals surface area (Å²) >= 11 is 0. The number of carbonyl (C=O) groups is 1. The van der Waals surface area contributed by atoms with Gasteiger partial charge in [0.25, 0.3) is 0 Å². The van der Waals surface area contributed by atoms with Crippen molar-refractivity contribution < 1.29 is 23.7 Å². The van der Waals surface area contributed by atoms with Crippen LogP contribution >= 0.6 is 0 Å². The van der Waals surface area contributed by atoms with Gasteiger partial charge in [0.15, 0.2) is 23.0 Å². The number of nitrogens with one attached hydrogen (secondary N) is 1. The Bertz CT molecular complexity index is 1110. The molecule has 3 rings (SSSR count). The molecule has 3 aromatic rings. The predicted molar refractivity (Wildman–Crippen MR) is 131 cm³/mol. The van der Waals surface area contributed by atoms with Gasteiger partial charge in [0.05, 0.1) is 27.9 Å². The summed E-state index contributed by atoms with van der Waals surface area (Å²) in [6.07, 6.45) is 3.97. The number of benzene rings is 3.